The summed E-state index contributed by atoms with van der Waals surface area (Å²) in [6.07, 6.45) is 5.24. The van der Waals surface area contributed by atoms with Crippen molar-refractivity contribution in [3.63, 3.8) is 0 Å². The van der Waals surface area contributed by atoms with Crippen molar-refractivity contribution in [1.82, 2.24) is 20.4 Å². The Hall–Kier alpha value is -2.43. The molecule has 1 aromatic carbocycles. The number of hydrogen-bond donors (Lipinski definition) is 2. The van der Waals surface area contributed by atoms with E-state index in [0.29, 0.717) is 0 Å². The molecule has 2 aromatic heterocycles. The van der Waals surface area contributed by atoms with Gasteiger partial charge in [-0.25, -0.2) is 4.39 Å². The predicted octanol–water partition coefficient (Wildman–Crippen LogP) is 2.61. The summed E-state index contributed by atoms with van der Waals surface area (Å²) in [4.78, 5) is 0. The van der Waals surface area contributed by atoms with Gasteiger partial charge in [-0.3, -0.25) is 10.2 Å². The lowest BCUT2D eigenvalue weighted by molar-refractivity contribution is 0.628. The molecule has 3 aromatic rings. The van der Waals surface area contributed by atoms with E-state index in [1.165, 1.54) is 12.1 Å². The van der Waals surface area contributed by atoms with E-state index in [1.54, 1.807) is 30.7 Å². The Kier molecular flexibility index (Phi) is 2.22. The lowest BCUT2D eigenvalue weighted by Gasteiger charge is -2.00. The summed E-state index contributed by atoms with van der Waals surface area (Å²) in [5.74, 6) is -0.252. The van der Waals surface area contributed by atoms with Crippen LogP contribution in [0.3, 0.4) is 0 Å². The van der Waals surface area contributed by atoms with E-state index >= 15 is 0 Å². The van der Waals surface area contributed by atoms with E-state index in [0.717, 1.165) is 22.4 Å². The molecular weight excluding hydrogens is 219 g/mol. The Bertz CT molecular complexity index is 610. The second kappa shape index (κ2) is 3.86. The predicted molar refractivity (Wildman–Crippen MR) is 61.6 cm³/mol. The quantitative estimate of drug-likeness (QED) is 0.708. The van der Waals surface area contributed by atoms with Gasteiger partial charge in [-0.1, -0.05) is 0 Å². The largest absolute Gasteiger partial charge is 0.285 e. The summed E-state index contributed by atoms with van der Waals surface area (Å²) >= 11 is 0. The summed E-state index contributed by atoms with van der Waals surface area (Å²) in [6, 6.07) is 6.28. The van der Waals surface area contributed by atoms with Gasteiger partial charge in [-0.05, 0) is 24.3 Å². The fraction of sp³-hybridized carbons (Fsp3) is 0. The van der Waals surface area contributed by atoms with Gasteiger partial charge in [-0.2, -0.15) is 10.2 Å². The van der Waals surface area contributed by atoms with Crippen molar-refractivity contribution in [1.29, 1.82) is 0 Å². The van der Waals surface area contributed by atoms with Gasteiger partial charge < -0.3 is 0 Å². The van der Waals surface area contributed by atoms with Crippen molar-refractivity contribution < 1.29 is 4.39 Å². The second-order valence-electron chi connectivity index (χ2n) is 3.65. The highest BCUT2D eigenvalue weighted by molar-refractivity contribution is 5.79. The zero-order valence-electron chi connectivity index (χ0n) is 8.81. The highest BCUT2D eigenvalue weighted by atomic mass is 19.1. The summed E-state index contributed by atoms with van der Waals surface area (Å²) in [5, 5.41) is 13.6. The molecule has 0 amide bonds. The summed E-state index contributed by atoms with van der Waals surface area (Å²) in [5.41, 5.74) is 3.62. The van der Waals surface area contributed by atoms with E-state index in [-0.39, 0.29) is 5.82 Å². The maximum atomic E-state index is 12.9. The molecule has 0 bridgehead atoms. The fourth-order valence-electron chi connectivity index (χ4n) is 1.74. The lowest BCUT2D eigenvalue weighted by atomic mass is 10.0. The fourth-order valence-corrected chi connectivity index (χ4v) is 1.74. The molecule has 3 rings (SSSR count). The number of aromatic amines is 2. The van der Waals surface area contributed by atoms with Crippen LogP contribution in [0.2, 0.25) is 0 Å². The minimum atomic E-state index is -0.252. The topological polar surface area (TPSA) is 57.4 Å². The van der Waals surface area contributed by atoms with Crippen LogP contribution in [0, 0.1) is 5.82 Å². The SMILES string of the molecule is Fc1ccc(-c2[nH]ncc2-c2cn[nH]c2)cc1. The van der Waals surface area contributed by atoms with E-state index in [9.17, 15) is 4.39 Å². The van der Waals surface area contributed by atoms with Crippen molar-refractivity contribution in [2.75, 3.05) is 0 Å². The van der Waals surface area contributed by atoms with Gasteiger partial charge in [0.1, 0.15) is 5.82 Å². The molecule has 2 N–H and O–H groups in total. The molecule has 0 aliphatic carbocycles. The average molecular weight is 228 g/mol. The lowest BCUT2D eigenvalue weighted by Crippen LogP contribution is -1.82. The van der Waals surface area contributed by atoms with Crippen molar-refractivity contribution in [2.45, 2.75) is 0 Å². The molecule has 17 heavy (non-hydrogen) atoms. The number of hydrogen-bond acceptors (Lipinski definition) is 2. The van der Waals surface area contributed by atoms with Crippen molar-refractivity contribution in [2.24, 2.45) is 0 Å². The average Bonchev–Trinajstić information content (AvgIpc) is 3.00. The van der Waals surface area contributed by atoms with Crippen LogP contribution in [0.4, 0.5) is 4.39 Å². The molecule has 5 heteroatoms. The van der Waals surface area contributed by atoms with E-state index in [2.05, 4.69) is 20.4 Å². The van der Waals surface area contributed by atoms with Gasteiger partial charge >= 0.3 is 0 Å². The van der Waals surface area contributed by atoms with Gasteiger partial charge in [0.2, 0.25) is 0 Å². The Balaban J connectivity index is 2.10. The monoisotopic (exact) mass is 228 g/mol. The zero-order chi connectivity index (χ0) is 11.7. The standard InChI is InChI=1S/C12H9FN4/c13-10-3-1-8(2-4-10)12-11(7-16-17-12)9-5-14-15-6-9/h1-7H,(H,14,15)(H,16,17). The van der Waals surface area contributed by atoms with E-state index in [1.807, 2.05) is 0 Å². The number of H-pyrrole nitrogens is 2. The first-order valence-corrected chi connectivity index (χ1v) is 5.13. The molecular formula is C12H9FN4. The van der Waals surface area contributed by atoms with Crippen LogP contribution >= 0.6 is 0 Å². The molecule has 0 saturated carbocycles. The minimum absolute atomic E-state index is 0.252. The molecule has 0 saturated heterocycles. The first kappa shape index (κ1) is 9.77. The maximum absolute atomic E-state index is 12.9. The third-order valence-electron chi connectivity index (χ3n) is 2.58. The van der Waals surface area contributed by atoms with Gasteiger partial charge in [0.25, 0.3) is 0 Å². The van der Waals surface area contributed by atoms with Crippen LogP contribution in [-0.4, -0.2) is 20.4 Å². The number of rotatable bonds is 2. The number of aromatic nitrogens is 4. The van der Waals surface area contributed by atoms with Crippen LogP contribution in [-0.2, 0) is 0 Å². The molecule has 2 heterocycles. The molecule has 0 unspecified atom stereocenters. The van der Waals surface area contributed by atoms with Gasteiger partial charge in [0.05, 0.1) is 18.1 Å². The van der Waals surface area contributed by atoms with Gasteiger partial charge in [-0.15, -0.1) is 0 Å². The number of benzene rings is 1. The van der Waals surface area contributed by atoms with Crippen molar-refractivity contribution in [3.05, 3.63) is 48.7 Å². The highest BCUT2D eigenvalue weighted by Gasteiger charge is 2.10. The number of halogens is 1. The summed E-state index contributed by atoms with van der Waals surface area (Å²) < 4.78 is 12.9. The number of nitrogens with zero attached hydrogens (tertiary/aromatic N) is 2. The molecule has 0 aliphatic rings. The molecule has 0 atom stereocenters. The minimum Gasteiger partial charge on any atom is -0.285 e. The second-order valence-corrected chi connectivity index (χ2v) is 3.65. The molecule has 84 valence electrons. The molecule has 4 nitrogen and oxygen atoms in total. The Morgan fingerprint density at radius 1 is 0.941 bits per heavy atom. The van der Waals surface area contributed by atoms with E-state index < -0.39 is 0 Å². The van der Waals surface area contributed by atoms with Crippen LogP contribution in [0.25, 0.3) is 22.4 Å². The first-order chi connectivity index (χ1) is 8.34. The van der Waals surface area contributed by atoms with Crippen LogP contribution in [0.1, 0.15) is 0 Å². The highest BCUT2D eigenvalue weighted by Crippen LogP contribution is 2.29. The Morgan fingerprint density at radius 3 is 2.47 bits per heavy atom. The Labute approximate surface area is 96.5 Å². The molecule has 0 aliphatic heterocycles. The summed E-state index contributed by atoms with van der Waals surface area (Å²) in [6.45, 7) is 0. The van der Waals surface area contributed by atoms with Gasteiger partial charge in [0, 0.05) is 22.9 Å². The molecule has 0 spiro atoms. The third-order valence-corrected chi connectivity index (χ3v) is 2.58. The van der Waals surface area contributed by atoms with Crippen molar-refractivity contribution in [3.8, 4) is 22.4 Å². The van der Waals surface area contributed by atoms with Crippen LogP contribution in [0.15, 0.2) is 42.9 Å². The third kappa shape index (κ3) is 1.71. The molecule has 0 fully saturated rings. The Morgan fingerprint density at radius 2 is 1.76 bits per heavy atom. The normalized spacial score (nSPS) is 10.6. The summed E-state index contributed by atoms with van der Waals surface area (Å²) in [7, 11) is 0. The number of nitrogens with one attached hydrogen (secondary N) is 2. The zero-order valence-corrected chi connectivity index (χ0v) is 8.81. The molecule has 0 radical (unpaired) electrons. The van der Waals surface area contributed by atoms with E-state index in [4.69, 9.17) is 0 Å². The van der Waals surface area contributed by atoms with Crippen molar-refractivity contribution >= 4 is 0 Å². The van der Waals surface area contributed by atoms with Crippen LogP contribution in [0.5, 0.6) is 0 Å². The first-order valence-electron chi connectivity index (χ1n) is 5.13. The maximum Gasteiger partial charge on any atom is 0.123 e. The van der Waals surface area contributed by atoms with Gasteiger partial charge in [0.15, 0.2) is 0 Å². The van der Waals surface area contributed by atoms with Crippen LogP contribution < -0.4 is 0 Å². The smallest absolute Gasteiger partial charge is 0.123 e.